The minimum absolute atomic E-state index is 0.118. The van der Waals surface area contributed by atoms with Crippen molar-refractivity contribution in [3.63, 3.8) is 0 Å². The lowest BCUT2D eigenvalue weighted by Gasteiger charge is -2.06. The average molecular weight is 243 g/mol. The summed E-state index contributed by atoms with van der Waals surface area (Å²) in [7, 11) is 0. The standard InChI is InChI=1S/C10H13NO6/c1-4-8(12)15-5-6-16-10(14)11-17-9(13)7(2)3/h4H,1-2,5-6H2,3H3,(H,11,14). The molecule has 17 heavy (non-hydrogen) atoms. The molecular formula is C10H13NO6. The molecule has 0 aromatic heterocycles. The lowest BCUT2D eigenvalue weighted by atomic mass is 10.4. The zero-order valence-electron chi connectivity index (χ0n) is 9.36. The zero-order valence-corrected chi connectivity index (χ0v) is 9.36. The Morgan fingerprint density at radius 1 is 1.24 bits per heavy atom. The Bertz CT molecular complexity index is 336. The van der Waals surface area contributed by atoms with E-state index in [4.69, 9.17) is 0 Å². The molecule has 7 heteroatoms. The van der Waals surface area contributed by atoms with Crippen molar-refractivity contribution in [1.82, 2.24) is 5.48 Å². The molecule has 1 N–H and O–H groups in total. The van der Waals surface area contributed by atoms with E-state index >= 15 is 0 Å². The fourth-order valence-corrected chi connectivity index (χ4v) is 0.540. The minimum atomic E-state index is -0.978. The number of nitrogens with one attached hydrogen (secondary N) is 1. The largest absolute Gasteiger partial charge is 0.459 e. The number of esters is 1. The van der Waals surface area contributed by atoms with Crippen molar-refractivity contribution in [2.45, 2.75) is 6.92 Å². The average Bonchev–Trinajstić information content (AvgIpc) is 2.30. The second-order valence-electron chi connectivity index (χ2n) is 2.78. The van der Waals surface area contributed by atoms with Crippen molar-refractivity contribution < 1.29 is 28.7 Å². The Hall–Kier alpha value is -2.31. The van der Waals surface area contributed by atoms with Gasteiger partial charge in [-0.15, -0.1) is 5.48 Å². The molecule has 0 bridgehead atoms. The molecule has 0 unspecified atom stereocenters. The van der Waals surface area contributed by atoms with Crippen LogP contribution in [0.15, 0.2) is 24.8 Å². The fraction of sp³-hybridized carbons (Fsp3) is 0.300. The summed E-state index contributed by atoms with van der Waals surface area (Å²) in [6.07, 6.45) is 0.00332. The number of rotatable bonds is 5. The first-order valence-corrected chi connectivity index (χ1v) is 4.56. The SMILES string of the molecule is C=CC(=O)OCCOC(=O)NOC(=O)C(=C)C. The second kappa shape index (κ2) is 7.91. The lowest BCUT2D eigenvalue weighted by Crippen LogP contribution is -2.29. The van der Waals surface area contributed by atoms with Gasteiger partial charge in [0.2, 0.25) is 0 Å². The number of hydroxylamine groups is 1. The molecular weight excluding hydrogens is 230 g/mol. The molecule has 0 heterocycles. The van der Waals surface area contributed by atoms with Gasteiger partial charge in [0.05, 0.1) is 0 Å². The highest BCUT2D eigenvalue weighted by Gasteiger charge is 2.07. The normalized spacial score (nSPS) is 8.76. The van der Waals surface area contributed by atoms with Crippen LogP contribution < -0.4 is 5.48 Å². The Morgan fingerprint density at radius 3 is 2.35 bits per heavy atom. The summed E-state index contributed by atoms with van der Waals surface area (Å²) in [6, 6.07) is 0. The predicted molar refractivity (Wildman–Crippen MR) is 56.5 cm³/mol. The van der Waals surface area contributed by atoms with Crippen LogP contribution in [0.2, 0.25) is 0 Å². The molecule has 0 atom stereocenters. The van der Waals surface area contributed by atoms with Crippen LogP contribution in [0.5, 0.6) is 0 Å². The van der Waals surface area contributed by atoms with E-state index in [9.17, 15) is 14.4 Å². The highest BCUT2D eigenvalue weighted by Crippen LogP contribution is 1.89. The molecule has 0 saturated heterocycles. The topological polar surface area (TPSA) is 90.9 Å². The maximum atomic E-state index is 10.9. The third kappa shape index (κ3) is 7.60. The van der Waals surface area contributed by atoms with Gasteiger partial charge in [0.1, 0.15) is 13.2 Å². The number of ether oxygens (including phenoxy) is 2. The molecule has 0 aromatic rings. The van der Waals surface area contributed by atoms with Gasteiger partial charge in [-0.05, 0) is 6.92 Å². The van der Waals surface area contributed by atoms with Gasteiger partial charge in [-0.2, -0.15) is 0 Å². The van der Waals surface area contributed by atoms with Crippen molar-refractivity contribution in [1.29, 1.82) is 0 Å². The molecule has 1 amide bonds. The molecule has 7 nitrogen and oxygen atoms in total. The van der Waals surface area contributed by atoms with Crippen LogP contribution in [0.3, 0.4) is 0 Å². The highest BCUT2D eigenvalue weighted by atomic mass is 16.7. The van der Waals surface area contributed by atoms with Crippen molar-refractivity contribution in [2.24, 2.45) is 0 Å². The molecule has 0 aliphatic carbocycles. The summed E-state index contributed by atoms with van der Waals surface area (Å²) in [5, 5.41) is 0. The van der Waals surface area contributed by atoms with E-state index in [2.05, 4.69) is 27.5 Å². The van der Waals surface area contributed by atoms with Crippen LogP contribution in [0.25, 0.3) is 0 Å². The van der Waals surface area contributed by atoms with Gasteiger partial charge in [-0.3, -0.25) is 0 Å². The number of carbonyl (C=O) groups excluding carboxylic acids is 3. The molecule has 0 spiro atoms. The Kier molecular flexibility index (Phi) is 6.84. The maximum absolute atomic E-state index is 10.9. The molecule has 0 aliphatic rings. The third-order valence-corrected chi connectivity index (χ3v) is 1.30. The van der Waals surface area contributed by atoms with Gasteiger partial charge in [0, 0.05) is 11.6 Å². The summed E-state index contributed by atoms with van der Waals surface area (Å²) in [5.74, 6) is -1.40. The van der Waals surface area contributed by atoms with Crippen molar-refractivity contribution in [2.75, 3.05) is 13.2 Å². The molecule has 0 radical (unpaired) electrons. The predicted octanol–water partition coefficient (Wildman–Crippen LogP) is 0.476. The Balaban J connectivity index is 3.60. The highest BCUT2D eigenvalue weighted by molar-refractivity contribution is 5.87. The Labute approximate surface area is 98.0 Å². The van der Waals surface area contributed by atoms with Crippen LogP contribution in [-0.2, 0) is 23.9 Å². The fourth-order valence-electron chi connectivity index (χ4n) is 0.540. The molecule has 94 valence electrons. The molecule has 0 saturated carbocycles. The van der Waals surface area contributed by atoms with E-state index < -0.39 is 18.0 Å². The van der Waals surface area contributed by atoms with E-state index in [1.54, 1.807) is 5.48 Å². The summed E-state index contributed by atoms with van der Waals surface area (Å²) < 4.78 is 9.02. The lowest BCUT2D eigenvalue weighted by molar-refractivity contribution is -0.145. The number of amides is 1. The molecule has 0 rings (SSSR count). The minimum Gasteiger partial charge on any atom is -0.459 e. The number of hydrogen-bond acceptors (Lipinski definition) is 6. The molecule has 0 aliphatic heterocycles. The van der Waals surface area contributed by atoms with Crippen LogP contribution in [0, 0.1) is 0 Å². The van der Waals surface area contributed by atoms with Gasteiger partial charge < -0.3 is 14.3 Å². The van der Waals surface area contributed by atoms with Crippen molar-refractivity contribution >= 4 is 18.0 Å². The third-order valence-electron chi connectivity index (χ3n) is 1.30. The van der Waals surface area contributed by atoms with Crippen LogP contribution in [0.1, 0.15) is 6.92 Å². The van der Waals surface area contributed by atoms with E-state index in [-0.39, 0.29) is 18.8 Å². The van der Waals surface area contributed by atoms with Gasteiger partial charge in [0.15, 0.2) is 0 Å². The number of carbonyl (C=O) groups is 3. The summed E-state index contributed by atoms with van der Waals surface area (Å²) >= 11 is 0. The molecule has 0 aromatic carbocycles. The first-order valence-electron chi connectivity index (χ1n) is 4.56. The van der Waals surface area contributed by atoms with E-state index in [1.165, 1.54) is 6.92 Å². The van der Waals surface area contributed by atoms with Gasteiger partial charge >= 0.3 is 18.0 Å². The first kappa shape index (κ1) is 14.7. The van der Waals surface area contributed by atoms with Gasteiger partial charge in [-0.25, -0.2) is 14.4 Å². The summed E-state index contributed by atoms with van der Waals surface area (Å²) in [5.41, 5.74) is 1.86. The van der Waals surface area contributed by atoms with Gasteiger partial charge in [-0.1, -0.05) is 13.2 Å². The van der Waals surface area contributed by atoms with Crippen LogP contribution in [-0.4, -0.2) is 31.2 Å². The monoisotopic (exact) mass is 243 g/mol. The first-order chi connectivity index (χ1) is 7.97. The number of hydrogen-bond donors (Lipinski definition) is 1. The van der Waals surface area contributed by atoms with Crippen LogP contribution >= 0.6 is 0 Å². The van der Waals surface area contributed by atoms with Crippen molar-refractivity contribution in [3.05, 3.63) is 24.8 Å². The smallest absolute Gasteiger partial charge is 0.440 e. The Morgan fingerprint density at radius 2 is 1.82 bits per heavy atom. The van der Waals surface area contributed by atoms with Crippen LogP contribution in [0.4, 0.5) is 4.79 Å². The zero-order chi connectivity index (χ0) is 13.3. The van der Waals surface area contributed by atoms with E-state index in [0.29, 0.717) is 0 Å². The quantitative estimate of drug-likeness (QED) is 0.248. The van der Waals surface area contributed by atoms with E-state index in [1.807, 2.05) is 0 Å². The van der Waals surface area contributed by atoms with Gasteiger partial charge in [0.25, 0.3) is 0 Å². The molecule has 0 fully saturated rings. The summed E-state index contributed by atoms with van der Waals surface area (Å²) in [6.45, 7) is 7.61. The summed E-state index contributed by atoms with van der Waals surface area (Å²) in [4.78, 5) is 36.6. The van der Waals surface area contributed by atoms with E-state index in [0.717, 1.165) is 6.08 Å². The van der Waals surface area contributed by atoms with Crippen molar-refractivity contribution in [3.8, 4) is 0 Å². The second-order valence-corrected chi connectivity index (χ2v) is 2.78. The maximum Gasteiger partial charge on any atom is 0.440 e.